The molecule has 1 unspecified atom stereocenters. The lowest BCUT2D eigenvalue weighted by Gasteiger charge is -2.21. The molecule has 1 aromatic rings. The van der Waals surface area contributed by atoms with Crippen LogP contribution in [0.5, 0.6) is 0 Å². The average Bonchev–Trinajstić information content (AvgIpc) is 2.70. The van der Waals surface area contributed by atoms with Gasteiger partial charge in [-0.2, -0.15) is 0 Å². The normalized spacial score (nSPS) is 26.9. The van der Waals surface area contributed by atoms with E-state index in [1.165, 1.54) is 31.4 Å². The van der Waals surface area contributed by atoms with Gasteiger partial charge in [-0.1, -0.05) is 6.42 Å². The quantitative estimate of drug-likeness (QED) is 0.807. The second kappa shape index (κ2) is 3.63. The molecule has 1 N–H and O–H groups in total. The second-order valence-corrected chi connectivity index (χ2v) is 4.81. The molecule has 1 saturated heterocycles. The van der Waals surface area contributed by atoms with Crippen LogP contribution in [0.15, 0.2) is 4.42 Å². The molecule has 2 heterocycles. The Morgan fingerprint density at radius 1 is 1.27 bits per heavy atom. The van der Waals surface area contributed by atoms with Crippen molar-refractivity contribution in [1.82, 2.24) is 10.3 Å². The lowest BCUT2D eigenvalue weighted by atomic mass is 9.85. The van der Waals surface area contributed by atoms with Crippen LogP contribution in [0.1, 0.15) is 54.9 Å². The summed E-state index contributed by atoms with van der Waals surface area (Å²) in [5.41, 5.74) is 1.21. The van der Waals surface area contributed by atoms with Gasteiger partial charge in [0.25, 0.3) is 0 Å². The molecule has 1 aliphatic carbocycles. The van der Waals surface area contributed by atoms with Crippen molar-refractivity contribution in [3.8, 4) is 0 Å². The monoisotopic (exact) mass is 206 g/mol. The Balaban J connectivity index is 1.84. The van der Waals surface area contributed by atoms with Crippen molar-refractivity contribution in [2.75, 3.05) is 13.1 Å². The van der Waals surface area contributed by atoms with E-state index in [4.69, 9.17) is 9.40 Å². The van der Waals surface area contributed by atoms with Gasteiger partial charge < -0.3 is 9.73 Å². The molecule has 2 fully saturated rings. The molecule has 1 aromatic heterocycles. The van der Waals surface area contributed by atoms with E-state index in [0.717, 1.165) is 24.7 Å². The first kappa shape index (κ1) is 9.40. The van der Waals surface area contributed by atoms with Crippen molar-refractivity contribution in [1.29, 1.82) is 0 Å². The SMILES string of the molecule is Cc1oc(C2CCC2)nc1C1CCNC1. The summed E-state index contributed by atoms with van der Waals surface area (Å²) >= 11 is 0. The van der Waals surface area contributed by atoms with Crippen molar-refractivity contribution in [3.63, 3.8) is 0 Å². The van der Waals surface area contributed by atoms with Crippen molar-refractivity contribution >= 4 is 0 Å². The van der Waals surface area contributed by atoms with Gasteiger partial charge in [-0.3, -0.25) is 0 Å². The zero-order valence-corrected chi connectivity index (χ0v) is 9.25. The van der Waals surface area contributed by atoms with E-state index in [9.17, 15) is 0 Å². The minimum absolute atomic E-state index is 0.586. The van der Waals surface area contributed by atoms with Gasteiger partial charge >= 0.3 is 0 Å². The van der Waals surface area contributed by atoms with Gasteiger partial charge in [0.05, 0.1) is 5.69 Å². The van der Waals surface area contributed by atoms with Crippen LogP contribution in [0, 0.1) is 6.92 Å². The number of oxazole rings is 1. The fourth-order valence-corrected chi connectivity index (χ4v) is 2.53. The molecule has 0 bridgehead atoms. The van der Waals surface area contributed by atoms with E-state index < -0.39 is 0 Å². The van der Waals surface area contributed by atoms with Gasteiger partial charge in [-0.25, -0.2) is 4.98 Å². The molecule has 1 atom stereocenters. The van der Waals surface area contributed by atoms with Crippen LogP contribution in [-0.4, -0.2) is 18.1 Å². The molecule has 82 valence electrons. The lowest BCUT2D eigenvalue weighted by molar-refractivity contribution is 0.329. The molecule has 3 nitrogen and oxygen atoms in total. The van der Waals surface area contributed by atoms with Crippen molar-refractivity contribution < 1.29 is 4.42 Å². The van der Waals surface area contributed by atoms with E-state index in [2.05, 4.69) is 12.2 Å². The number of aromatic nitrogens is 1. The van der Waals surface area contributed by atoms with Crippen LogP contribution in [0.25, 0.3) is 0 Å². The van der Waals surface area contributed by atoms with Gasteiger partial charge in [-0.05, 0) is 32.7 Å². The first-order valence-corrected chi connectivity index (χ1v) is 6.02. The van der Waals surface area contributed by atoms with Gasteiger partial charge in [0.15, 0.2) is 5.89 Å². The molecule has 0 spiro atoms. The number of aryl methyl sites for hydroxylation is 1. The van der Waals surface area contributed by atoms with Crippen molar-refractivity contribution in [3.05, 3.63) is 17.3 Å². The predicted molar refractivity (Wildman–Crippen MR) is 58.1 cm³/mol. The number of nitrogens with one attached hydrogen (secondary N) is 1. The van der Waals surface area contributed by atoms with Crippen LogP contribution in [0.2, 0.25) is 0 Å². The minimum atomic E-state index is 0.586. The molecule has 0 amide bonds. The highest BCUT2D eigenvalue weighted by atomic mass is 16.4. The van der Waals surface area contributed by atoms with Crippen LogP contribution in [0.3, 0.4) is 0 Å². The summed E-state index contributed by atoms with van der Waals surface area (Å²) in [6.45, 7) is 4.25. The van der Waals surface area contributed by atoms with Gasteiger partial charge in [0.2, 0.25) is 0 Å². The zero-order valence-electron chi connectivity index (χ0n) is 9.25. The Morgan fingerprint density at radius 2 is 2.13 bits per heavy atom. The third-order valence-corrected chi connectivity index (χ3v) is 3.75. The molecule has 0 radical (unpaired) electrons. The standard InChI is InChI=1S/C12H18N2O/c1-8-11(10-5-6-13-7-10)14-12(15-8)9-3-2-4-9/h9-10,13H,2-7H2,1H3. The van der Waals surface area contributed by atoms with Crippen molar-refractivity contribution in [2.45, 2.75) is 44.4 Å². The largest absolute Gasteiger partial charge is 0.445 e. The molecule has 1 aliphatic heterocycles. The number of rotatable bonds is 2. The third-order valence-electron chi connectivity index (χ3n) is 3.75. The molecule has 3 rings (SSSR count). The number of hydrogen-bond donors (Lipinski definition) is 1. The van der Waals surface area contributed by atoms with E-state index in [-0.39, 0.29) is 0 Å². The molecule has 2 aliphatic rings. The predicted octanol–water partition coefficient (Wildman–Crippen LogP) is 2.33. The Labute approximate surface area is 90.3 Å². The maximum atomic E-state index is 5.79. The fourth-order valence-electron chi connectivity index (χ4n) is 2.53. The maximum Gasteiger partial charge on any atom is 0.197 e. The van der Waals surface area contributed by atoms with E-state index in [1.54, 1.807) is 0 Å². The summed E-state index contributed by atoms with van der Waals surface area (Å²) in [4.78, 5) is 4.71. The number of nitrogens with zero attached hydrogens (tertiary/aromatic N) is 1. The van der Waals surface area contributed by atoms with E-state index in [1.807, 2.05) is 0 Å². The van der Waals surface area contributed by atoms with Crippen LogP contribution >= 0.6 is 0 Å². The third kappa shape index (κ3) is 1.59. The highest BCUT2D eigenvalue weighted by Gasteiger charge is 2.28. The van der Waals surface area contributed by atoms with Gasteiger partial charge in [0.1, 0.15) is 5.76 Å². The number of hydrogen-bond acceptors (Lipinski definition) is 3. The summed E-state index contributed by atoms with van der Waals surface area (Å²) in [6.07, 6.45) is 5.08. The second-order valence-electron chi connectivity index (χ2n) is 4.81. The van der Waals surface area contributed by atoms with E-state index in [0.29, 0.717) is 11.8 Å². The maximum absolute atomic E-state index is 5.79. The Hall–Kier alpha value is -0.830. The van der Waals surface area contributed by atoms with Gasteiger partial charge in [0, 0.05) is 18.4 Å². The van der Waals surface area contributed by atoms with Crippen molar-refractivity contribution in [2.24, 2.45) is 0 Å². The topological polar surface area (TPSA) is 38.1 Å². The molecule has 1 saturated carbocycles. The molecular formula is C12H18N2O. The summed E-state index contributed by atoms with van der Waals surface area (Å²) in [7, 11) is 0. The first-order valence-electron chi connectivity index (χ1n) is 6.02. The smallest absolute Gasteiger partial charge is 0.197 e. The summed E-state index contributed by atoms with van der Waals surface area (Å²) in [6, 6.07) is 0. The van der Waals surface area contributed by atoms with Crippen LogP contribution < -0.4 is 5.32 Å². The Morgan fingerprint density at radius 3 is 2.73 bits per heavy atom. The minimum Gasteiger partial charge on any atom is -0.445 e. The fraction of sp³-hybridized carbons (Fsp3) is 0.750. The molecular weight excluding hydrogens is 188 g/mol. The molecule has 15 heavy (non-hydrogen) atoms. The molecule has 3 heteroatoms. The molecule has 0 aromatic carbocycles. The van der Waals surface area contributed by atoms with E-state index >= 15 is 0 Å². The Bertz CT molecular complexity index is 349. The summed E-state index contributed by atoms with van der Waals surface area (Å²) in [5.74, 6) is 3.25. The Kier molecular flexibility index (Phi) is 2.28. The highest BCUT2D eigenvalue weighted by Crippen LogP contribution is 2.37. The van der Waals surface area contributed by atoms with Gasteiger partial charge in [-0.15, -0.1) is 0 Å². The van der Waals surface area contributed by atoms with Crippen LogP contribution in [-0.2, 0) is 0 Å². The zero-order chi connectivity index (χ0) is 10.3. The summed E-state index contributed by atoms with van der Waals surface area (Å²) in [5, 5.41) is 3.38. The lowest BCUT2D eigenvalue weighted by Crippen LogP contribution is -2.10. The highest BCUT2D eigenvalue weighted by molar-refractivity contribution is 5.17. The summed E-state index contributed by atoms with van der Waals surface area (Å²) < 4.78 is 5.79. The first-order chi connectivity index (χ1) is 7.34. The average molecular weight is 206 g/mol. The van der Waals surface area contributed by atoms with Crippen LogP contribution in [0.4, 0.5) is 0 Å².